The van der Waals surface area contributed by atoms with Crippen molar-refractivity contribution in [3.63, 3.8) is 0 Å². The number of rotatable bonds is 6. The van der Waals surface area contributed by atoms with Gasteiger partial charge in [-0.05, 0) is 41.9 Å². The van der Waals surface area contributed by atoms with Crippen molar-refractivity contribution < 1.29 is 9.53 Å². The van der Waals surface area contributed by atoms with Crippen LogP contribution in [0.15, 0.2) is 29.4 Å². The Morgan fingerprint density at radius 3 is 2.66 bits per heavy atom. The first-order chi connectivity index (χ1) is 13.7. The second kappa shape index (κ2) is 9.07. The van der Waals surface area contributed by atoms with Crippen LogP contribution >= 0.6 is 11.8 Å². The van der Waals surface area contributed by atoms with E-state index in [0.717, 1.165) is 25.3 Å². The molecule has 29 heavy (non-hydrogen) atoms. The zero-order chi connectivity index (χ0) is 21.0. The van der Waals surface area contributed by atoms with Gasteiger partial charge in [0.2, 0.25) is 11.1 Å². The first-order valence-corrected chi connectivity index (χ1v) is 11.1. The summed E-state index contributed by atoms with van der Waals surface area (Å²) in [6.45, 7) is 10.6. The van der Waals surface area contributed by atoms with Crippen LogP contribution in [0.3, 0.4) is 0 Å². The summed E-state index contributed by atoms with van der Waals surface area (Å²) in [5, 5.41) is 8.73. The van der Waals surface area contributed by atoms with E-state index in [1.165, 1.54) is 28.4 Å². The molecule has 0 spiro atoms. The molecule has 2 aromatic rings. The van der Waals surface area contributed by atoms with Crippen molar-refractivity contribution in [3.8, 4) is 5.75 Å². The summed E-state index contributed by atoms with van der Waals surface area (Å²) in [4.78, 5) is 14.4. The van der Waals surface area contributed by atoms with Crippen molar-refractivity contribution in [2.45, 2.75) is 57.7 Å². The van der Waals surface area contributed by atoms with Crippen molar-refractivity contribution in [2.24, 2.45) is 5.92 Å². The zero-order valence-electron chi connectivity index (χ0n) is 17.7. The number of ether oxygens (including phenoxy) is 1. The summed E-state index contributed by atoms with van der Waals surface area (Å²) >= 11 is 1.31. The second-order valence-corrected chi connectivity index (χ2v) is 9.65. The minimum absolute atomic E-state index is 0.103. The van der Waals surface area contributed by atoms with E-state index in [9.17, 15) is 4.79 Å². The lowest BCUT2D eigenvalue weighted by Crippen LogP contribution is -2.40. The van der Waals surface area contributed by atoms with Gasteiger partial charge in [-0.2, -0.15) is 0 Å². The van der Waals surface area contributed by atoms with Gasteiger partial charge in [-0.15, -0.1) is 10.2 Å². The van der Waals surface area contributed by atoms with E-state index in [0.29, 0.717) is 22.7 Å². The third kappa shape index (κ3) is 5.65. The topological polar surface area (TPSA) is 86.3 Å². The van der Waals surface area contributed by atoms with Gasteiger partial charge in [0.25, 0.3) is 0 Å². The van der Waals surface area contributed by atoms with Gasteiger partial charge in [0, 0.05) is 13.1 Å². The number of thioether (sulfide) groups is 1. The molecule has 158 valence electrons. The smallest absolute Gasteiger partial charge is 0.233 e. The molecule has 0 radical (unpaired) electrons. The molecule has 2 heterocycles. The van der Waals surface area contributed by atoms with E-state index in [4.69, 9.17) is 10.6 Å². The number of nitrogens with two attached hydrogens (primary N) is 1. The Kier molecular flexibility index (Phi) is 6.72. The number of nitrogen functional groups attached to an aromatic ring is 1. The molecule has 1 saturated heterocycles. The van der Waals surface area contributed by atoms with Gasteiger partial charge in [-0.25, -0.2) is 4.68 Å². The monoisotopic (exact) mass is 417 g/mol. The zero-order valence-corrected chi connectivity index (χ0v) is 18.5. The van der Waals surface area contributed by atoms with Gasteiger partial charge in [0.1, 0.15) is 12.4 Å². The molecule has 3 rings (SSSR count). The quantitative estimate of drug-likeness (QED) is 0.574. The van der Waals surface area contributed by atoms with Gasteiger partial charge < -0.3 is 15.5 Å². The number of aromatic nitrogens is 3. The van der Waals surface area contributed by atoms with Crippen molar-refractivity contribution in [1.29, 1.82) is 0 Å². The van der Waals surface area contributed by atoms with Gasteiger partial charge in [-0.1, -0.05) is 51.6 Å². The Balaban J connectivity index is 1.52. The van der Waals surface area contributed by atoms with Gasteiger partial charge in [0.05, 0.1) is 5.75 Å². The maximum atomic E-state index is 12.4. The fourth-order valence-electron chi connectivity index (χ4n) is 3.34. The molecule has 1 fully saturated rings. The molecule has 1 aromatic heterocycles. The van der Waals surface area contributed by atoms with Crippen LogP contribution in [0.2, 0.25) is 0 Å². The Morgan fingerprint density at radius 1 is 1.28 bits per heavy atom. The maximum absolute atomic E-state index is 12.4. The third-order valence-electron chi connectivity index (χ3n) is 5.16. The second-order valence-electron chi connectivity index (χ2n) is 8.71. The fourth-order valence-corrected chi connectivity index (χ4v) is 4.11. The number of carbonyl (C=O) groups is 1. The Morgan fingerprint density at radius 2 is 2.00 bits per heavy atom. The van der Waals surface area contributed by atoms with E-state index in [1.807, 2.05) is 17.0 Å². The Labute approximate surface area is 177 Å². The van der Waals surface area contributed by atoms with E-state index < -0.39 is 0 Å². The van der Waals surface area contributed by atoms with E-state index >= 15 is 0 Å². The van der Waals surface area contributed by atoms with Crippen molar-refractivity contribution in [2.75, 3.05) is 24.7 Å². The number of amides is 1. The molecular formula is C21H31N5O2S. The molecule has 0 bridgehead atoms. The highest BCUT2D eigenvalue weighted by Gasteiger charge is 2.22. The summed E-state index contributed by atoms with van der Waals surface area (Å²) in [7, 11) is 0. The molecule has 1 aliphatic heterocycles. The molecule has 0 aliphatic carbocycles. The fraction of sp³-hybridized carbons (Fsp3) is 0.571. The van der Waals surface area contributed by atoms with E-state index in [1.54, 1.807) is 0 Å². The molecule has 1 aliphatic rings. The molecular weight excluding hydrogens is 386 g/mol. The minimum Gasteiger partial charge on any atom is -0.486 e. The largest absolute Gasteiger partial charge is 0.486 e. The summed E-state index contributed by atoms with van der Waals surface area (Å²) in [6, 6.07) is 8.03. The normalized spacial score (nSPS) is 17.4. The molecule has 0 saturated carbocycles. The number of benzene rings is 1. The summed E-state index contributed by atoms with van der Waals surface area (Å²) in [6.07, 6.45) is 2.26. The average molecular weight is 418 g/mol. The van der Waals surface area contributed by atoms with Crippen molar-refractivity contribution in [3.05, 3.63) is 35.7 Å². The molecule has 8 heteroatoms. The summed E-state index contributed by atoms with van der Waals surface area (Å²) < 4.78 is 7.20. The van der Waals surface area contributed by atoms with Crippen LogP contribution in [-0.4, -0.2) is 44.5 Å². The molecule has 1 amide bonds. The average Bonchev–Trinajstić information content (AvgIpc) is 3.03. The number of nitrogens with zero attached hydrogens (tertiary/aromatic N) is 4. The predicted molar refractivity (Wildman–Crippen MR) is 115 cm³/mol. The number of hydrogen-bond acceptors (Lipinski definition) is 6. The SMILES string of the molecule is CC1CCCN(C(=O)CSc2nnc(COc3ccc(C(C)(C)C)cc3)n2N)C1. The molecule has 1 unspecified atom stereocenters. The highest BCUT2D eigenvalue weighted by atomic mass is 32.2. The first-order valence-electron chi connectivity index (χ1n) is 10.1. The maximum Gasteiger partial charge on any atom is 0.233 e. The van der Waals surface area contributed by atoms with Crippen LogP contribution in [0.25, 0.3) is 0 Å². The van der Waals surface area contributed by atoms with Crippen molar-refractivity contribution >= 4 is 17.7 Å². The number of piperidine rings is 1. The van der Waals surface area contributed by atoms with Crippen LogP contribution in [0.4, 0.5) is 0 Å². The van der Waals surface area contributed by atoms with Crippen LogP contribution in [0, 0.1) is 5.92 Å². The van der Waals surface area contributed by atoms with Gasteiger partial charge >= 0.3 is 0 Å². The summed E-state index contributed by atoms with van der Waals surface area (Å²) in [5.41, 5.74) is 1.35. The van der Waals surface area contributed by atoms with E-state index in [2.05, 4.69) is 50.0 Å². The molecule has 1 aromatic carbocycles. The van der Waals surface area contributed by atoms with Crippen LogP contribution in [0.5, 0.6) is 5.75 Å². The number of hydrogen-bond donors (Lipinski definition) is 1. The van der Waals surface area contributed by atoms with E-state index in [-0.39, 0.29) is 17.9 Å². The van der Waals surface area contributed by atoms with Gasteiger partial charge in [0.15, 0.2) is 5.82 Å². The molecule has 2 N–H and O–H groups in total. The molecule has 1 atom stereocenters. The predicted octanol–water partition coefficient (Wildman–Crippen LogP) is 3.22. The van der Waals surface area contributed by atoms with Crippen molar-refractivity contribution in [1.82, 2.24) is 19.8 Å². The van der Waals surface area contributed by atoms with Crippen LogP contribution < -0.4 is 10.6 Å². The molecule has 7 nitrogen and oxygen atoms in total. The Bertz CT molecular complexity index is 829. The number of likely N-dealkylation sites (tertiary alicyclic amines) is 1. The highest BCUT2D eigenvalue weighted by molar-refractivity contribution is 7.99. The lowest BCUT2D eigenvalue weighted by molar-refractivity contribution is -0.130. The summed E-state index contributed by atoms with van der Waals surface area (Å²) in [5.74, 6) is 8.39. The van der Waals surface area contributed by atoms with Crippen LogP contribution in [-0.2, 0) is 16.8 Å². The lowest BCUT2D eigenvalue weighted by Gasteiger charge is -2.30. The minimum atomic E-state index is 0.103. The van der Waals surface area contributed by atoms with Gasteiger partial charge in [-0.3, -0.25) is 4.79 Å². The first kappa shape index (κ1) is 21.5. The van der Waals surface area contributed by atoms with Crippen LogP contribution in [0.1, 0.15) is 51.9 Å². The highest BCUT2D eigenvalue weighted by Crippen LogP contribution is 2.25. The number of carbonyl (C=O) groups excluding carboxylic acids is 1. The lowest BCUT2D eigenvalue weighted by atomic mass is 9.87. The third-order valence-corrected chi connectivity index (χ3v) is 6.09. The standard InChI is InChI=1S/C21H31N5O2S/c1-15-6-5-11-25(12-15)19(27)14-29-20-24-23-18(26(20)22)13-28-17-9-7-16(8-10-17)21(2,3)4/h7-10,15H,5-6,11-14,22H2,1-4H3. The Hall–Kier alpha value is -2.22.